The van der Waals surface area contributed by atoms with Crippen molar-refractivity contribution in [3.05, 3.63) is 11.1 Å². The molecule has 0 aromatic heterocycles. The van der Waals surface area contributed by atoms with Crippen molar-refractivity contribution in [3.8, 4) is 0 Å². The first-order chi connectivity index (χ1) is 8.95. The van der Waals surface area contributed by atoms with Crippen LogP contribution in [-0.4, -0.2) is 35.2 Å². The van der Waals surface area contributed by atoms with E-state index in [4.69, 9.17) is 10.2 Å². The number of hydrogen-bond donors (Lipinski definition) is 2. The Bertz CT molecular complexity index is 403. The van der Waals surface area contributed by atoms with E-state index in [0.717, 1.165) is 25.7 Å². The summed E-state index contributed by atoms with van der Waals surface area (Å²) in [6.07, 6.45) is 2.81. The van der Waals surface area contributed by atoms with E-state index in [0.29, 0.717) is 5.57 Å². The summed E-state index contributed by atoms with van der Waals surface area (Å²) in [7, 11) is 1.23. The standard InChI is InChI=1S/C13H18O6/c1-19-12(16)7-9(8-4-2-3-5-8)10(13(17)18)6-11(14)15/h8H,2-7H2,1H3,(H,14,15)(H,17,18). The molecule has 0 atom stereocenters. The Morgan fingerprint density at radius 1 is 1.11 bits per heavy atom. The molecule has 0 saturated heterocycles. The van der Waals surface area contributed by atoms with E-state index in [-0.39, 0.29) is 17.9 Å². The molecule has 2 N–H and O–H groups in total. The lowest BCUT2D eigenvalue weighted by atomic mass is 9.89. The molecular weight excluding hydrogens is 252 g/mol. The van der Waals surface area contributed by atoms with Gasteiger partial charge in [-0.05, 0) is 24.3 Å². The Balaban J connectivity index is 3.10. The topological polar surface area (TPSA) is 101 Å². The lowest BCUT2D eigenvalue weighted by molar-refractivity contribution is -0.141. The second-order valence-electron chi connectivity index (χ2n) is 4.61. The predicted molar refractivity (Wildman–Crippen MR) is 65.5 cm³/mol. The Hall–Kier alpha value is -1.85. The van der Waals surface area contributed by atoms with Crippen LogP contribution in [0.15, 0.2) is 11.1 Å². The number of carboxylic acid groups (broad SMARTS) is 2. The minimum atomic E-state index is -1.27. The SMILES string of the molecule is COC(=O)CC(=C(CC(=O)O)C(=O)O)C1CCCC1. The minimum absolute atomic E-state index is 0.0236. The summed E-state index contributed by atoms with van der Waals surface area (Å²) in [4.78, 5) is 33.4. The zero-order chi connectivity index (χ0) is 14.4. The van der Waals surface area contributed by atoms with Crippen molar-refractivity contribution < 1.29 is 29.3 Å². The second kappa shape index (κ2) is 6.92. The maximum atomic E-state index is 11.4. The highest BCUT2D eigenvalue weighted by molar-refractivity contribution is 5.94. The van der Waals surface area contributed by atoms with Crippen LogP contribution in [0.1, 0.15) is 38.5 Å². The number of hydrogen-bond acceptors (Lipinski definition) is 4. The van der Waals surface area contributed by atoms with Crippen LogP contribution in [0.25, 0.3) is 0 Å². The van der Waals surface area contributed by atoms with E-state index in [1.807, 2.05) is 0 Å². The number of ether oxygens (including phenoxy) is 1. The fraction of sp³-hybridized carbons (Fsp3) is 0.615. The van der Waals surface area contributed by atoms with Crippen LogP contribution in [0.4, 0.5) is 0 Å². The number of esters is 1. The molecule has 19 heavy (non-hydrogen) atoms. The maximum Gasteiger partial charge on any atom is 0.332 e. The number of carbonyl (C=O) groups is 3. The fourth-order valence-corrected chi connectivity index (χ4v) is 2.48. The molecule has 0 aromatic rings. The summed E-state index contributed by atoms with van der Waals surface area (Å²) < 4.78 is 4.56. The molecule has 0 heterocycles. The summed E-state index contributed by atoms with van der Waals surface area (Å²) in [6.45, 7) is 0. The highest BCUT2D eigenvalue weighted by Gasteiger charge is 2.28. The van der Waals surface area contributed by atoms with E-state index in [9.17, 15) is 14.4 Å². The number of carbonyl (C=O) groups excluding carboxylic acids is 1. The molecule has 0 amide bonds. The lowest BCUT2D eigenvalue weighted by Gasteiger charge is -2.17. The number of carboxylic acids is 2. The molecule has 0 unspecified atom stereocenters. The third-order valence-corrected chi connectivity index (χ3v) is 3.38. The van der Waals surface area contributed by atoms with Gasteiger partial charge in [-0.15, -0.1) is 0 Å². The van der Waals surface area contributed by atoms with E-state index in [1.165, 1.54) is 7.11 Å². The first-order valence-corrected chi connectivity index (χ1v) is 6.19. The average molecular weight is 270 g/mol. The summed E-state index contributed by atoms with van der Waals surface area (Å²) in [6, 6.07) is 0. The van der Waals surface area contributed by atoms with Crippen LogP contribution in [0.2, 0.25) is 0 Å². The van der Waals surface area contributed by atoms with E-state index in [2.05, 4.69) is 4.74 Å². The maximum absolute atomic E-state index is 11.4. The van der Waals surface area contributed by atoms with Gasteiger partial charge in [0.2, 0.25) is 0 Å². The van der Waals surface area contributed by atoms with Gasteiger partial charge in [0.25, 0.3) is 0 Å². The Morgan fingerprint density at radius 2 is 1.68 bits per heavy atom. The molecule has 0 bridgehead atoms. The van der Waals surface area contributed by atoms with Gasteiger partial charge in [-0.2, -0.15) is 0 Å². The van der Waals surface area contributed by atoms with Gasteiger partial charge in [0.1, 0.15) is 0 Å². The molecular formula is C13H18O6. The van der Waals surface area contributed by atoms with Crippen LogP contribution < -0.4 is 0 Å². The normalized spacial score (nSPS) is 16.9. The molecule has 106 valence electrons. The molecule has 1 fully saturated rings. The van der Waals surface area contributed by atoms with Gasteiger partial charge in [0.05, 0.1) is 20.0 Å². The van der Waals surface area contributed by atoms with Crippen molar-refractivity contribution in [3.63, 3.8) is 0 Å². The minimum Gasteiger partial charge on any atom is -0.481 e. The van der Waals surface area contributed by atoms with Crippen LogP contribution >= 0.6 is 0 Å². The highest BCUT2D eigenvalue weighted by Crippen LogP contribution is 2.35. The number of methoxy groups -OCH3 is 1. The van der Waals surface area contributed by atoms with E-state index in [1.54, 1.807) is 0 Å². The third kappa shape index (κ3) is 4.39. The first-order valence-electron chi connectivity index (χ1n) is 6.19. The smallest absolute Gasteiger partial charge is 0.332 e. The average Bonchev–Trinajstić information content (AvgIpc) is 2.86. The van der Waals surface area contributed by atoms with Gasteiger partial charge in [-0.25, -0.2) is 4.79 Å². The summed E-state index contributed by atoms with van der Waals surface area (Å²) >= 11 is 0. The molecule has 1 saturated carbocycles. The highest BCUT2D eigenvalue weighted by atomic mass is 16.5. The van der Waals surface area contributed by atoms with Crippen molar-refractivity contribution in [2.24, 2.45) is 5.92 Å². The second-order valence-corrected chi connectivity index (χ2v) is 4.61. The molecule has 1 aliphatic rings. The molecule has 0 aliphatic heterocycles. The zero-order valence-corrected chi connectivity index (χ0v) is 10.8. The van der Waals surface area contributed by atoms with Crippen molar-refractivity contribution in [1.29, 1.82) is 0 Å². The third-order valence-electron chi connectivity index (χ3n) is 3.38. The predicted octanol–water partition coefficient (Wildman–Crippen LogP) is 1.60. The van der Waals surface area contributed by atoms with Crippen LogP contribution in [0, 0.1) is 5.92 Å². The van der Waals surface area contributed by atoms with Gasteiger partial charge in [-0.3, -0.25) is 9.59 Å². The molecule has 6 nitrogen and oxygen atoms in total. The van der Waals surface area contributed by atoms with Gasteiger partial charge >= 0.3 is 17.9 Å². The molecule has 1 rings (SSSR count). The van der Waals surface area contributed by atoms with Gasteiger partial charge in [0.15, 0.2) is 0 Å². The van der Waals surface area contributed by atoms with Crippen LogP contribution in [0.3, 0.4) is 0 Å². The van der Waals surface area contributed by atoms with Gasteiger partial charge < -0.3 is 14.9 Å². The molecule has 0 spiro atoms. The largest absolute Gasteiger partial charge is 0.481 e. The molecule has 6 heteroatoms. The van der Waals surface area contributed by atoms with E-state index < -0.39 is 24.3 Å². The van der Waals surface area contributed by atoms with Crippen LogP contribution in [0.5, 0.6) is 0 Å². The molecule has 0 radical (unpaired) electrons. The Kier molecular flexibility index (Phi) is 5.54. The van der Waals surface area contributed by atoms with Crippen molar-refractivity contribution in [2.75, 3.05) is 7.11 Å². The van der Waals surface area contributed by atoms with Crippen molar-refractivity contribution >= 4 is 17.9 Å². The lowest BCUT2D eigenvalue weighted by Crippen LogP contribution is -2.16. The summed E-state index contributed by atoms with van der Waals surface area (Å²) in [5.74, 6) is -3.04. The van der Waals surface area contributed by atoms with Crippen molar-refractivity contribution in [2.45, 2.75) is 38.5 Å². The van der Waals surface area contributed by atoms with E-state index >= 15 is 0 Å². The quantitative estimate of drug-likeness (QED) is 0.561. The Morgan fingerprint density at radius 3 is 2.11 bits per heavy atom. The first kappa shape index (κ1) is 15.2. The number of aliphatic carboxylic acids is 2. The van der Waals surface area contributed by atoms with Crippen molar-refractivity contribution in [1.82, 2.24) is 0 Å². The van der Waals surface area contributed by atoms with Gasteiger partial charge in [0, 0.05) is 5.57 Å². The zero-order valence-electron chi connectivity index (χ0n) is 10.8. The summed E-state index contributed by atoms with van der Waals surface area (Å²) in [5, 5.41) is 18.0. The fourth-order valence-electron chi connectivity index (χ4n) is 2.48. The summed E-state index contributed by atoms with van der Waals surface area (Å²) in [5.41, 5.74) is 0.240. The molecule has 0 aromatic carbocycles. The Labute approximate surface area is 111 Å². The molecule has 1 aliphatic carbocycles. The van der Waals surface area contributed by atoms with Crippen LogP contribution in [-0.2, 0) is 19.1 Å². The number of rotatable bonds is 6. The van der Waals surface area contributed by atoms with Gasteiger partial charge in [-0.1, -0.05) is 12.8 Å². The monoisotopic (exact) mass is 270 g/mol.